The van der Waals surface area contributed by atoms with Crippen LogP contribution in [0.15, 0.2) is 47.0 Å². The Morgan fingerprint density at radius 1 is 1.13 bits per heavy atom. The summed E-state index contributed by atoms with van der Waals surface area (Å²) < 4.78 is 48.9. The van der Waals surface area contributed by atoms with Crippen molar-refractivity contribution in [3.05, 3.63) is 70.9 Å². The van der Waals surface area contributed by atoms with Gasteiger partial charge in [0.25, 0.3) is 0 Å². The molecule has 0 bridgehead atoms. The number of alkyl halides is 3. The number of ether oxygens (including phenoxy) is 1. The Labute approximate surface area is 176 Å². The lowest BCUT2D eigenvalue weighted by molar-refractivity contribution is -0.137. The molecule has 1 aliphatic heterocycles. The van der Waals surface area contributed by atoms with Gasteiger partial charge in [-0.3, -0.25) is 4.79 Å². The molecule has 1 aliphatic rings. The van der Waals surface area contributed by atoms with Gasteiger partial charge in [0.05, 0.1) is 5.56 Å². The summed E-state index contributed by atoms with van der Waals surface area (Å²) in [5, 5.41) is 3.72. The number of aryl methyl sites for hydroxylation is 2. The summed E-state index contributed by atoms with van der Waals surface area (Å²) in [4.78, 5) is 18.5. The van der Waals surface area contributed by atoms with Crippen molar-refractivity contribution < 1.29 is 27.2 Å². The lowest BCUT2D eigenvalue weighted by atomic mass is 9.99. The van der Waals surface area contributed by atoms with E-state index in [-0.39, 0.29) is 12.3 Å². The number of rotatable bonds is 5. The number of carbonyl (C=O) groups excluding carboxylic acids is 1. The number of nitrogens with zero attached hydrogens (tertiary/aromatic N) is 3. The second-order valence-electron chi connectivity index (χ2n) is 7.36. The Morgan fingerprint density at radius 3 is 2.55 bits per heavy atom. The smallest absolute Gasteiger partial charge is 0.416 e. The van der Waals surface area contributed by atoms with Gasteiger partial charge < -0.3 is 14.2 Å². The molecule has 1 aromatic heterocycles. The third kappa shape index (κ3) is 5.04. The highest BCUT2D eigenvalue weighted by Gasteiger charge is 2.30. The van der Waals surface area contributed by atoms with Crippen molar-refractivity contribution in [2.75, 3.05) is 6.54 Å². The van der Waals surface area contributed by atoms with E-state index in [0.717, 1.165) is 29.7 Å². The molecule has 0 spiro atoms. The summed E-state index contributed by atoms with van der Waals surface area (Å²) >= 11 is 0. The molecule has 3 aromatic rings. The van der Waals surface area contributed by atoms with Gasteiger partial charge >= 0.3 is 6.18 Å². The van der Waals surface area contributed by atoms with Gasteiger partial charge in [-0.15, -0.1) is 0 Å². The minimum absolute atomic E-state index is 0.00411. The van der Waals surface area contributed by atoms with E-state index in [1.54, 1.807) is 17.9 Å². The molecule has 162 valence electrons. The lowest BCUT2D eigenvalue weighted by Crippen LogP contribution is -2.36. The Hall–Kier alpha value is -3.36. The molecule has 2 heterocycles. The maximum absolute atomic E-state index is 12.7. The highest BCUT2D eigenvalue weighted by Crippen LogP contribution is 2.32. The summed E-state index contributed by atoms with van der Waals surface area (Å²) in [5.41, 5.74) is 1.35. The molecule has 0 unspecified atom stereocenters. The summed E-state index contributed by atoms with van der Waals surface area (Å²) in [6.45, 7) is 2.79. The molecule has 0 fully saturated rings. The predicted octanol–water partition coefficient (Wildman–Crippen LogP) is 4.71. The normalized spacial score (nSPS) is 13.7. The fourth-order valence-corrected chi connectivity index (χ4v) is 3.47. The highest BCUT2D eigenvalue weighted by atomic mass is 19.4. The van der Waals surface area contributed by atoms with Gasteiger partial charge in [0.2, 0.25) is 11.8 Å². The van der Waals surface area contributed by atoms with Crippen LogP contribution in [0.1, 0.15) is 34.8 Å². The van der Waals surface area contributed by atoms with Crippen molar-refractivity contribution in [1.29, 1.82) is 0 Å². The minimum atomic E-state index is -4.39. The van der Waals surface area contributed by atoms with E-state index in [0.29, 0.717) is 42.7 Å². The van der Waals surface area contributed by atoms with Gasteiger partial charge in [-0.1, -0.05) is 11.2 Å². The summed E-state index contributed by atoms with van der Waals surface area (Å²) in [6.07, 6.45) is -3.00. The van der Waals surface area contributed by atoms with Crippen LogP contribution < -0.4 is 4.74 Å². The number of aromatic nitrogens is 2. The molecule has 0 aliphatic carbocycles. The fourth-order valence-electron chi connectivity index (χ4n) is 3.47. The zero-order valence-corrected chi connectivity index (χ0v) is 16.8. The topological polar surface area (TPSA) is 68.5 Å². The van der Waals surface area contributed by atoms with Crippen LogP contribution in [-0.2, 0) is 30.4 Å². The van der Waals surface area contributed by atoms with Crippen LogP contribution in [-0.4, -0.2) is 27.5 Å². The van der Waals surface area contributed by atoms with Gasteiger partial charge in [-0.25, -0.2) is 0 Å². The van der Waals surface area contributed by atoms with Crippen molar-refractivity contribution in [1.82, 2.24) is 15.0 Å². The first-order valence-electron chi connectivity index (χ1n) is 9.82. The first-order chi connectivity index (χ1) is 14.8. The molecule has 31 heavy (non-hydrogen) atoms. The quantitative estimate of drug-likeness (QED) is 0.586. The first-order valence-corrected chi connectivity index (χ1v) is 9.82. The predicted molar refractivity (Wildman–Crippen MR) is 104 cm³/mol. The maximum atomic E-state index is 12.7. The number of hydrogen-bond donors (Lipinski definition) is 0. The SMILES string of the molecule is Cc1noc(CCC(=O)N2CCc3ccc(Oc4ccc(C(F)(F)F)cc4)cc3C2)n1. The van der Waals surface area contributed by atoms with Crippen LogP contribution in [0.4, 0.5) is 13.2 Å². The fraction of sp³-hybridized carbons (Fsp3) is 0.318. The molecule has 0 saturated carbocycles. The highest BCUT2D eigenvalue weighted by molar-refractivity contribution is 5.76. The van der Waals surface area contributed by atoms with E-state index in [1.807, 2.05) is 12.1 Å². The van der Waals surface area contributed by atoms with Crippen molar-refractivity contribution in [3.63, 3.8) is 0 Å². The molecule has 6 nitrogen and oxygen atoms in total. The van der Waals surface area contributed by atoms with E-state index in [4.69, 9.17) is 9.26 Å². The van der Waals surface area contributed by atoms with E-state index in [1.165, 1.54) is 12.1 Å². The molecular formula is C22H20F3N3O3. The molecule has 0 N–H and O–H groups in total. The molecular weight excluding hydrogens is 411 g/mol. The van der Waals surface area contributed by atoms with E-state index < -0.39 is 11.7 Å². The molecule has 2 aromatic carbocycles. The van der Waals surface area contributed by atoms with Crippen LogP contribution in [0, 0.1) is 6.92 Å². The largest absolute Gasteiger partial charge is 0.457 e. The van der Waals surface area contributed by atoms with E-state index in [9.17, 15) is 18.0 Å². The summed E-state index contributed by atoms with van der Waals surface area (Å²) in [5.74, 6) is 1.79. The third-order valence-corrected chi connectivity index (χ3v) is 5.08. The van der Waals surface area contributed by atoms with Gasteiger partial charge in [0.1, 0.15) is 11.5 Å². The zero-order chi connectivity index (χ0) is 22.0. The van der Waals surface area contributed by atoms with Gasteiger partial charge in [-0.05, 0) is 60.9 Å². The average Bonchev–Trinajstić information content (AvgIpc) is 3.16. The second kappa shape index (κ2) is 8.41. The van der Waals surface area contributed by atoms with Crippen LogP contribution in [0.3, 0.4) is 0 Å². The first kappa shape index (κ1) is 20.9. The Morgan fingerprint density at radius 2 is 1.87 bits per heavy atom. The molecule has 0 saturated heterocycles. The number of halogens is 3. The van der Waals surface area contributed by atoms with Crippen LogP contribution in [0.2, 0.25) is 0 Å². The van der Waals surface area contributed by atoms with Crippen LogP contribution in [0.5, 0.6) is 11.5 Å². The summed E-state index contributed by atoms with van der Waals surface area (Å²) in [6, 6.07) is 10.1. The van der Waals surface area contributed by atoms with Crippen LogP contribution in [0.25, 0.3) is 0 Å². The minimum Gasteiger partial charge on any atom is -0.457 e. The van der Waals surface area contributed by atoms with E-state index in [2.05, 4.69) is 10.1 Å². The number of hydrogen-bond acceptors (Lipinski definition) is 5. The monoisotopic (exact) mass is 431 g/mol. The van der Waals surface area contributed by atoms with Crippen molar-refractivity contribution >= 4 is 5.91 Å². The van der Waals surface area contributed by atoms with Gasteiger partial charge in [-0.2, -0.15) is 18.2 Å². The van der Waals surface area contributed by atoms with Crippen molar-refractivity contribution in [2.45, 2.75) is 38.9 Å². The number of amides is 1. The number of fused-ring (bicyclic) bond motifs is 1. The third-order valence-electron chi connectivity index (χ3n) is 5.08. The lowest BCUT2D eigenvalue weighted by Gasteiger charge is -2.29. The molecule has 9 heteroatoms. The second-order valence-corrected chi connectivity index (χ2v) is 7.36. The number of carbonyl (C=O) groups is 1. The molecule has 4 rings (SSSR count). The average molecular weight is 431 g/mol. The summed E-state index contributed by atoms with van der Waals surface area (Å²) in [7, 11) is 0. The van der Waals surface area contributed by atoms with Gasteiger partial charge in [0, 0.05) is 25.9 Å². The molecule has 0 atom stereocenters. The van der Waals surface area contributed by atoms with Crippen LogP contribution >= 0.6 is 0 Å². The zero-order valence-electron chi connectivity index (χ0n) is 16.8. The van der Waals surface area contributed by atoms with Crippen molar-refractivity contribution in [3.8, 4) is 11.5 Å². The van der Waals surface area contributed by atoms with E-state index >= 15 is 0 Å². The standard InChI is InChI=1S/C22H20F3N3O3/c1-14-26-20(31-27-14)8-9-21(29)28-11-10-15-2-5-19(12-16(15)13-28)30-18-6-3-17(4-7-18)22(23,24)25/h2-7,12H,8-11,13H2,1H3. The molecule has 1 amide bonds. The Balaban J connectivity index is 1.39. The van der Waals surface area contributed by atoms with Crippen molar-refractivity contribution in [2.24, 2.45) is 0 Å². The van der Waals surface area contributed by atoms with Gasteiger partial charge in [0.15, 0.2) is 5.82 Å². The Kier molecular flexibility index (Phi) is 5.67. The maximum Gasteiger partial charge on any atom is 0.416 e. The number of benzene rings is 2. The molecule has 0 radical (unpaired) electrons. The Bertz CT molecular complexity index is 1080.